The van der Waals surface area contributed by atoms with Gasteiger partial charge >= 0.3 is 0 Å². The molecule has 0 unspecified atom stereocenters. The number of ether oxygens (including phenoxy) is 1. The Labute approximate surface area is 84.4 Å². The molecule has 0 saturated carbocycles. The normalized spacial score (nSPS) is 32.0. The van der Waals surface area contributed by atoms with Crippen molar-refractivity contribution in [1.29, 1.82) is 0 Å². The van der Waals surface area contributed by atoms with E-state index in [1.165, 1.54) is 0 Å². The summed E-state index contributed by atoms with van der Waals surface area (Å²) in [6.45, 7) is 2.50. The SMILES string of the molecule is O=C(NC[C@@H]1CCCO1)[C@H]1CCCN1. The van der Waals surface area contributed by atoms with Crippen molar-refractivity contribution in [3.8, 4) is 0 Å². The van der Waals surface area contributed by atoms with Gasteiger partial charge in [-0.2, -0.15) is 0 Å². The summed E-state index contributed by atoms with van der Waals surface area (Å²) in [7, 11) is 0. The van der Waals surface area contributed by atoms with E-state index in [4.69, 9.17) is 4.74 Å². The van der Waals surface area contributed by atoms with Crippen LogP contribution in [-0.4, -0.2) is 37.7 Å². The molecule has 2 N–H and O–H groups in total. The molecule has 0 aliphatic carbocycles. The van der Waals surface area contributed by atoms with Gasteiger partial charge < -0.3 is 15.4 Å². The minimum absolute atomic E-state index is 0.0383. The minimum Gasteiger partial charge on any atom is -0.376 e. The van der Waals surface area contributed by atoms with E-state index < -0.39 is 0 Å². The van der Waals surface area contributed by atoms with Crippen LogP contribution in [-0.2, 0) is 9.53 Å². The molecule has 2 atom stereocenters. The average molecular weight is 198 g/mol. The Morgan fingerprint density at radius 2 is 2.36 bits per heavy atom. The van der Waals surface area contributed by atoms with Crippen molar-refractivity contribution in [2.45, 2.75) is 37.8 Å². The van der Waals surface area contributed by atoms with Crippen LogP contribution < -0.4 is 10.6 Å². The second kappa shape index (κ2) is 4.75. The molecule has 0 aromatic heterocycles. The molecule has 4 heteroatoms. The van der Waals surface area contributed by atoms with E-state index in [1.807, 2.05) is 0 Å². The van der Waals surface area contributed by atoms with Crippen molar-refractivity contribution in [1.82, 2.24) is 10.6 Å². The van der Waals surface area contributed by atoms with Gasteiger partial charge in [0.2, 0.25) is 5.91 Å². The Balaban J connectivity index is 1.66. The highest BCUT2D eigenvalue weighted by atomic mass is 16.5. The molecule has 2 rings (SSSR count). The third-order valence-electron chi connectivity index (χ3n) is 2.90. The van der Waals surface area contributed by atoms with Crippen LogP contribution >= 0.6 is 0 Å². The number of carbonyl (C=O) groups excluding carboxylic acids is 1. The Morgan fingerprint density at radius 1 is 1.43 bits per heavy atom. The fourth-order valence-corrected chi connectivity index (χ4v) is 2.05. The standard InChI is InChI=1S/C10H18N2O2/c13-10(9-4-1-5-11-9)12-7-8-3-2-6-14-8/h8-9,11H,1-7H2,(H,12,13)/t8-,9+/m0/s1. The summed E-state index contributed by atoms with van der Waals surface area (Å²) >= 11 is 0. The van der Waals surface area contributed by atoms with Crippen LogP contribution in [0.15, 0.2) is 0 Å². The van der Waals surface area contributed by atoms with Crippen LogP contribution in [0.5, 0.6) is 0 Å². The molecule has 0 radical (unpaired) electrons. The number of carbonyl (C=O) groups is 1. The second-order valence-electron chi connectivity index (χ2n) is 4.03. The molecule has 2 heterocycles. The maximum atomic E-state index is 11.6. The zero-order valence-corrected chi connectivity index (χ0v) is 8.42. The summed E-state index contributed by atoms with van der Waals surface area (Å²) in [5.41, 5.74) is 0. The van der Waals surface area contributed by atoms with Gasteiger partial charge in [-0.05, 0) is 32.2 Å². The lowest BCUT2D eigenvalue weighted by atomic mass is 10.2. The van der Waals surface area contributed by atoms with Gasteiger partial charge in [0, 0.05) is 13.2 Å². The van der Waals surface area contributed by atoms with Crippen LogP contribution in [0.4, 0.5) is 0 Å². The quantitative estimate of drug-likeness (QED) is 0.673. The monoisotopic (exact) mass is 198 g/mol. The fourth-order valence-electron chi connectivity index (χ4n) is 2.05. The highest BCUT2D eigenvalue weighted by molar-refractivity contribution is 5.81. The van der Waals surface area contributed by atoms with E-state index in [0.717, 1.165) is 38.8 Å². The Bertz CT molecular complexity index is 196. The van der Waals surface area contributed by atoms with Gasteiger partial charge in [0.15, 0.2) is 0 Å². The summed E-state index contributed by atoms with van der Waals surface area (Å²) < 4.78 is 5.43. The molecule has 0 aromatic rings. The molecule has 2 fully saturated rings. The highest BCUT2D eigenvalue weighted by Crippen LogP contribution is 2.11. The third-order valence-corrected chi connectivity index (χ3v) is 2.90. The fraction of sp³-hybridized carbons (Fsp3) is 0.900. The van der Waals surface area contributed by atoms with Gasteiger partial charge in [0.25, 0.3) is 0 Å². The van der Waals surface area contributed by atoms with Crippen LogP contribution in [0.2, 0.25) is 0 Å². The molecule has 2 aliphatic heterocycles. The van der Waals surface area contributed by atoms with Gasteiger partial charge in [-0.25, -0.2) is 0 Å². The van der Waals surface area contributed by atoms with E-state index in [1.54, 1.807) is 0 Å². The Hall–Kier alpha value is -0.610. The molecule has 0 spiro atoms. The van der Waals surface area contributed by atoms with E-state index in [9.17, 15) is 4.79 Å². The zero-order chi connectivity index (χ0) is 9.80. The van der Waals surface area contributed by atoms with Crippen LogP contribution in [0.1, 0.15) is 25.7 Å². The van der Waals surface area contributed by atoms with E-state index in [-0.39, 0.29) is 18.1 Å². The van der Waals surface area contributed by atoms with E-state index in [0.29, 0.717) is 6.54 Å². The minimum atomic E-state index is 0.0383. The number of hydrogen-bond donors (Lipinski definition) is 2. The summed E-state index contributed by atoms with van der Waals surface area (Å²) in [6.07, 6.45) is 4.54. The van der Waals surface area contributed by atoms with Gasteiger partial charge in [-0.1, -0.05) is 0 Å². The second-order valence-corrected chi connectivity index (χ2v) is 4.03. The predicted molar refractivity (Wildman–Crippen MR) is 53.0 cm³/mol. The maximum absolute atomic E-state index is 11.6. The first-order chi connectivity index (χ1) is 6.86. The van der Waals surface area contributed by atoms with Crippen LogP contribution in [0.25, 0.3) is 0 Å². The summed E-state index contributed by atoms with van der Waals surface area (Å²) in [5.74, 6) is 0.137. The summed E-state index contributed by atoms with van der Waals surface area (Å²) in [5, 5.41) is 6.12. The zero-order valence-electron chi connectivity index (χ0n) is 8.42. The first-order valence-corrected chi connectivity index (χ1v) is 5.49. The lowest BCUT2D eigenvalue weighted by Crippen LogP contribution is -2.43. The molecule has 0 aromatic carbocycles. The molecule has 2 saturated heterocycles. The van der Waals surface area contributed by atoms with E-state index in [2.05, 4.69) is 10.6 Å². The van der Waals surface area contributed by atoms with Crippen molar-refractivity contribution in [3.63, 3.8) is 0 Å². The van der Waals surface area contributed by atoms with Crippen molar-refractivity contribution in [2.75, 3.05) is 19.7 Å². The number of amides is 1. The molecule has 80 valence electrons. The smallest absolute Gasteiger partial charge is 0.237 e. The Kier molecular flexibility index (Phi) is 3.37. The van der Waals surface area contributed by atoms with Crippen LogP contribution in [0.3, 0.4) is 0 Å². The molecular weight excluding hydrogens is 180 g/mol. The topological polar surface area (TPSA) is 50.4 Å². The number of nitrogens with one attached hydrogen (secondary N) is 2. The maximum Gasteiger partial charge on any atom is 0.237 e. The van der Waals surface area contributed by atoms with Gasteiger partial charge in [-0.3, -0.25) is 4.79 Å². The predicted octanol–water partition coefficient (Wildman–Crippen LogP) is 0.0336. The number of rotatable bonds is 3. The van der Waals surface area contributed by atoms with Crippen molar-refractivity contribution in [2.24, 2.45) is 0 Å². The molecule has 14 heavy (non-hydrogen) atoms. The molecule has 0 bridgehead atoms. The molecule has 2 aliphatic rings. The van der Waals surface area contributed by atoms with Gasteiger partial charge in [0.05, 0.1) is 12.1 Å². The van der Waals surface area contributed by atoms with Crippen molar-refractivity contribution in [3.05, 3.63) is 0 Å². The summed E-state index contributed by atoms with van der Waals surface area (Å²) in [6, 6.07) is 0.0383. The molecule has 1 amide bonds. The van der Waals surface area contributed by atoms with Crippen molar-refractivity contribution < 1.29 is 9.53 Å². The molecular formula is C10H18N2O2. The lowest BCUT2D eigenvalue weighted by Gasteiger charge is -2.14. The summed E-state index contributed by atoms with van der Waals surface area (Å²) in [4.78, 5) is 11.6. The van der Waals surface area contributed by atoms with Gasteiger partial charge in [-0.15, -0.1) is 0 Å². The number of hydrogen-bond acceptors (Lipinski definition) is 3. The lowest BCUT2D eigenvalue weighted by molar-refractivity contribution is -0.123. The van der Waals surface area contributed by atoms with Crippen LogP contribution in [0, 0.1) is 0 Å². The molecule has 4 nitrogen and oxygen atoms in total. The Morgan fingerprint density at radius 3 is 3.00 bits per heavy atom. The highest BCUT2D eigenvalue weighted by Gasteiger charge is 2.23. The van der Waals surface area contributed by atoms with Crippen molar-refractivity contribution >= 4 is 5.91 Å². The first-order valence-electron chi connectivity index (χ1n) is 5.49. The van der Waals surface area contributed by atoms with Gasteiger partial charge in [0.1, 0.15) is 0 Å². The average Bonchev–Trinajstić information content (AvgIpc) is 2.87. The first kappa shape index (κ1) is 9.93. The van der Waals surface area contributed by atoms with E-state index >= 15 is 0 Å². The third kappa shape index (κ3) is 2.45. The largest absolute Gasteiger partial charge is 0.376 e.